The van der Waals surface area contributed by atoms with Crippen LogP contribution in [0.2, 0.25) is 0 Å². The Morgan fingerprint density at radius 1 is 1.24 bits per heavy atom. The van der Waals surface area contributed by atoms with Crippen molar-refractivity contribution in [3.63, 3.8) is 0 Å². The first-order valence-corrected chi connectivity index (χ1v) is 6.60. The highest BCUT2D eigenvalue weighted by Gasteiger charge is 2.27. The number of hydrogen-bond donors (Lipinski definition) is 1. The van der Waals surface area contributed by atoms with Crippen LogP contribution in [0.15, 0.2) is 18.2 Å². The monoisotopic (exact) mass is 298 g/mol. The lowest BCUT2D eigenvalue weighted by Gasteiger charge is -2.30. The number of nitrogens with one attached hydrogen (secondary N) is 1. The molecule has 0 saturated carbocycles. The molecule has 1 saturated heterocycles. The molecule has 0 bridgehead atoms. The summed E-state index contributed by atoms with van der Waals surface area (Å²) < 4.78 is 30.5. The average molecular weight is 298 g/mol. The van der Waals surface area contributed by atoms with E-state index in [4.69, 9.17) is 0 Å². The zero-order valence-electron chi connectivity index (χ0n) is 11.6. The first-order chi connectivity index (χ1) is 10.0. The molecule has 0 aliphatic carbocycles. The van der Waals surface area contributed by atoms with Crippen LogP contribution in [0.1, 0.15) is 12.8 Å². The molecule has 1 aromatic carbocycles. The summed E-state index contributed by atoms with van der Waals surface area (Å²) >= 11 is 0. The zero-order chi connectivity index (χ0) is 15.4. The average Bonchev–Trinajstić information content (AvgIpc) is 2.50. The van der Waals surface area contributed by atoms with E-state index in [1.165, 1.54) is 18.1 Å². The molecule has 2 rings (SSSR count). The number of rotatable bonds is 2. The summed E-state index contributed by atoms with van der Waals surface area (Å²) in [5.41, 5.74) is 0.217. The van der Waals surface area contributed by atoms with Gasteiger partial charge in [-0.2, -0.15) is 0 Å². The Kier molecular flexibility index (Phi) is 4.72. The van der Waals surface area contributed by atoms with E-state index >= 15 is 0 Å². The van der Waals surface area contributed by atoms with Crippen molar-refractivity contribution in [3.05, 3.63) is 29.8 Å². The van der Waals surface area contributed by atoms with Gasteiger partial charge in [0.25, 0.3) is 0 Å². The smallest absolute Gasteiger partial charge is 0.409 e. The van der Waals surface area contributed by atoms with Crippen LogP contribution in [-0.2, 0) is 9.53 Å². The van der Waals surface area contributed by atoms with E-state index in [-0.39, 0.29) is 17.5 Å². The van der Waals surface area contributed by atoms with Crippen molar-refractivity contribution in [2.75, 3.05) is 25.5 Å². The van der Waals surface area contributed by atoms with Crippen LogP contribution in [0.5, 0.6) is 0 Å². The van der Waals surface area contributed by atoms with E-state index in [1.54, 1.807) is 0 Å². The molecule has 1 N–H and O–H groups in total. The molecule has 114 valence electrons. The standard InChI is InChI=1S/C14H16F2N2O3/c1-21-14(20)18-6-4-9(5-7-18)13(19)17-10-2-3-11(15)12(16)8-10/h2-3,8-9H,4-7H2,1H3,(H,17,19). The lowest BCUT2D eigenvalue weighted by molar-refractivity contribution is -0.121. The highest BCUT2D eigenvalue weighted by Crippen LogP contribution is 2.20. The minimum atomic E-state index is -1.01. The van der Waals surface area contributed by atoms with E-state index < -0.39 is 17.7 Å². The van der Waals surface area contributed by atoms with Gasteiger partial charge in [0.2, 0.25) is 5.91 Å². The van der Waals surface area contributed by atoms with Gasteiger partial charge >= 0.3 is 6.09 Å². The lowest BCUT2D eigenvalue weighted by Crippen LogP contribution is -2.41. The van der Waals surface area contributed by atoms with E-state index in [0.29, 0.717) is 25.9 Å². The molecule has 0 radical (unpaired) electrons. The van der Waals surface area contributed by atoms with Crippen molar-refractivity contribution in [2.24, 2.45) is 5.92 Å². The van der Waals surface area contributed by atoms with Gasteiger partial charge in [-0.1, -0.05) is 0 Å². The third-order valence-corrected chi connectivity index (χ3v) is 3.49. The van der Waals surface area contributed by atoms with E-state index in [9.17, 15) is 18.4 Å². The van der Waals surface area contributed by atoms with Crippen LogP contribution in [0, 0.1) is 17.6 Å². The summed E-state index contributed by atoms with van der Waals surface area (Å²) in [7, 11) is 1.31. The number of methoxy groups -OCH3 is 1. The molecule has 1 aromatic rings. The van der Waals surface area contributed by atoms with Crippen molar-refractivity contribution in [3.8, 4) is 0 Å². The van der Waals surface area contributed by atoms with Crippen LogP contribution in [0.4, 0.5) is 19.3 Å². The Labute approximate surface area is 120 Å². The van der Waals surface area contributed by atoms with Crippen LogP contribution < -0.4 is 5.32 Å². The molecule has 0 atom stereocenters. The third kappa shape index (κ3) is 3.68. The molecule has 7 heteroatoms. The first kappa shape index (κ1) is 15.2. The first-order valence-electron chi connectivity index (χ1n) is 6.60. The maximum atomic E-state index is 13.1. The SMILES string of the molecule is COC(=O)N1CCC(C(=O)Nc2ccc(F)c(F)c2)CC1. The number of piperidine rings is 1. The number of halogens is 2. The molecule has 1 heterocycles. The molecule has 0 unspecified atom stereocenters. The fourth-order valence-corrected chi connectivity index (χ4v) is 2.27. The summed E-state index contributed by atoms with van der Waals surface area (Å²) in [4.78, 5) is 24.9. The number of benzene rings is 1. The van der Waals surface area contributed by atoms with Crippen molar-refractivity contribution >= 4 is 17.7 Å². The van der Waals surface area contributed by atoms with Crippen molar-refractivity contribution in [1.29, 1.82) is 0 Å². The maximum absolute atomic E-state index is 13.1. The molecule has 2 amide bonds. The summed E-state index contributed by atoms with van der Waals surface area (Å²) in [5.74, 6) is -2.49. The highest BCUT2D eigenvalue weighted by atomic mass is 19.2. The molecular weight excluding hydrogens is 282 g/mol. The molecule has 1 fully saturated rings. The Hall–Kier alpha value is -2.18. The summed E-state index contributed by atoms with van der Waals surface area (Å²) in [6.45, 7) is 0.866. The summed E-state index contributed by atoms with van der Waals surface area (Å²) in [6.07, 6.45) is 0.601. The fourth-order valence-electron chi connectivity index (χ4n) is 2.27. The van der Waals surface area contributed by atoms with Gasteiger partial charge in [-0.25, -0.2) is 13.6 Å². The molecule has 21 heavy (non-hydrogen) atoms. The van der Waals surface area contributed by atoms with Gasteiger partial charge in [0.15, 0.2) is 11.6 Å². The highest BCUT2D eigenvalue weighted by molar-refractivity contribution is 5.92. The number of amides is 2. The summed E-state index contributed by atoms with van der Waals surface area (Å²) in [6, 6.07) is 3.21. The van der Waals surface area contributed by atoms with Crippen molar-refractivity contribution in [2.45, 2.75) is 12.8 Å². The van der Waals surface area contributed by atoms with Gasteiger partial charge < -0.3 is 15.0 Å². The topological polar surface area (TPSA) is 58.6 Å². The lowest BCUT2D eigenvalue weighted by atomic mass is 9.96. The fraction of sp³-hybridized carbons (Fsp3) is 0.429. The Bertz CT molecular complexity index is 543. The van der Waals surface area contributed by atoms with Gasteiger partial charge in [0.05, 0.1) is 7.11 Å². The minimum Gasteiger partial charge on any atom is -0.453 e. The van der Waals surface area contributed by atoms with Crippen LogP contribution in [0.25, 0.3) is 0 Å². The number of nitrogens with zero attached hydrogens (tertiary/aromatic N) is 1. The predicted molar refractivity (Wildman–Crippen MR) is 71.7 cm³/mol. The summed E-state index contributed by atoms with van der Waals surface area (Å²) in [5, 5.41) is 2.56. The molecule has 1 aliphatic rings. The number of likely N-dealkylation sites (tertiary alicyclic amines) is 1. The second-order valence-corrected chi connectivity index (χ2v) is 4.85. The molecule has 0 aromatic heterocycles. The van der Waals surface area contributed by atoms with Crippen LogP contribution >= 0.6 is 0 Å². The number of carbonyl (C=O) groups excluding carboxylic acids is 2. The maximum Gasteiger partial charge on any atom is 0.409 e. The third-order valence-electron chi connectivity index (χ3n) is 3.49. The molecule has 0 spiro atoms. The van der Waals surface area contributed by atoms with Crippen molar-refractivity contribution in [1.82, 2.24) is 4.90 Å². The van der Waals surface area contributed by atoms with E-state index in [1.807, 2.05) is 0 Å². The largest absolute Gasteiger partial charge is 0.453 e. The van der Waals surface area contributed by atoms with Gasteiger partial charge in [0, 0.05) is 30.8 Å². The Morgan fingerprint density at radius 3 is 2.48 bits per heavy atom. The number of carbonyl (C=O) groups is 2. The second-order valence-electron chi connectivity index (χ2n) is 4.85. The van der Waals surface area contributed by atoms with Gasteiger partial charge in [-0.05, 0) is 25.0 Å². The van der Waals surface area contributed by atoms with Crippen LogP contribution in [-0.4, -0.2) is 37.1 Å². The molecular formula is C14H16F2N2O3. The zero-order valence-corrected chi connectivity index (χ0v) is 11.6. The molecule has 5 nitrogen and oxygen atoms in total. The number of hydrogen-bond acceptors (Lipinski definition) is 3. The Balaban J connectivity index is 1.90. The van der Waals surface area contributed by atoms with Crippen molar-refractivity contribution < 1.29 is 23.1 Å². The van der Waals surface area contributed by atoms with E-state index in [0.717, 1.165) is 12.1 Å². The van der Waals surface area contributed by atoms with Crippen LogP contribution in [0.3, 0.4) is 0 Å². The number of anilines is 1. The predicted octanol–water partition coefficient (Wildman–Crippen LogP) is 2.38. The van der Waals surface area contributed by atoms with E-state index in [2.05, 4.69) is 10.1 Å². The van der Waals surface area contributed by atoms with Gasteiger partial charge in [-0.15, -0.1) is 0 Å². The number of ether oxygens (including phenoxy) is 1. The van der Waals surface area contributed by atoms with Gasteiger partial charge in [0.1, 0.15) is 0 Å². The minimum absolute atomic E-state index is 0.217. The Morgan fingerprint density at radius 2 is 1.90 bits per heavy atom. The molecule has 1 aliphatic heterocycles. The van der Waals surface area contributed by atoms with Gasteiger partial charge in [-0.3, -0.25) is 4.79 Å². The quantitative estimate of drug-likeness (QED) is 0.912. The second kappa shape index (κ2) is 6.51. The normalized spacial score (nSPS) is 15.7.